The van der Waals surface area contributed by atoms with Crippen molar-refractivity contribution in [2.75, 3.05) is 0 Å². The van der Waals surface area contributed by atoms with E-state index in [1.165, 1.54) is 0 Å². The highest BCUT2D eigenvalue weighted by molar-refractivity contribution is 5.96. The molecule has 3 rings (SSSR count). The molecule has 1 aromatic rings. The molecule has 1 amide bonds. The molecule has 2 aliphatic rings. The number of nitrogens with two attached hydrogens (primary N) is 2. The molecule has 1 heterocycles. The van der Waals surface area contributed by atoms with Crippen LogP contribution < -0.4 is 16.8 Å². The second kappa shape index (κ2) is 10.1. The number of ether oxygens (including phenoxy) is 2. The number of amides is 1. The molecule has 1 atom stereocenters. The number of allylic oxidation sites excluding steroid dienone is 2. The molecule has 1 fully saturated rings. The number of nitriles is 1. The molecule has 7 N–H and O–H groups in total. The summed E-state index contributed by atoms with van der Waals surface area (Å²) in [6.07, 6.45) is 0.996. The third-order valence-electron chi connectivity index (χ3n) is 5.66. The molecule has 9 nitrogen and oxygen atoms in total. The summed E-state index contributed by atoms with van der Waals surface area (Å²) in [7, 11) is 0. The maximum absolute atomic E-state index is 11.9. The number of rotatable bonds is 3. The SMILES string of the molecule is C/C(N)=C1/C(=N)OC(N)=C(C#N)C1c1cc(C#CC2CC(NC(=O)OC(C)(C)C)C2)cc(CO)c1. The van der Waals surface area contributed by atoms with E-state index in [1.54, 1.807) is 25.1 Å². The minimum atomic E-state index is -0.704. The summed E-state index contributed by atoms with van der Waals surface area (Å²) in [6, 6.07) is 7.40. The number of hydrogen-bond acceptors (Lipinski definition) is 8. The monoisotopic (exact) mass is 477 g/mol. The second-order valence-electron chi connectivity index (χ2n) is 9.75. The Morgan fingerprint density at radius 2 is 2.03 bits per heavy atom. The summed E-state index contributed by atoms with van der Waals surface area (Å²) in [4.78, 5) is 11.9. The van der Waals surface area contributed by atoms with E-state index in [2.05, 4.69) is 23.2 Å². The Morgan fingerprint density at radius 1 is 1.34 bits per heavy atom. The summed E-state index contributed by atoms with van der Waals surface area (Å²) >= 11 is 0. The van der Waals surface area contributed by atoms with Gasteiger partial charge in [-0.2, -0.15) is 5.26 Å². The number of aliphatic hydroxyl groups is 1. The van der Waals surface area contributed by atoms with Crippen molar-refractivity contribution < 1.29 is 19.4 Å². The zero-order valence-electron chi connectivity index (χ0n) is 20.4. The fourth-order valence-electron chi connectivity index (χ4n) is 4.06. The van der Waals surface area contributed by atoms with Crippen LogP contribution >= 0.6 is 0 Å². The Morgan fingerprint density at radius 3 is 2.60 bits per heavy atom. The van der Waals surface area contributed by atoms with E-state index < -0.39 is 17.6 Å². The van der Waals surface area contributed by atoms with Crippen LogP contribution in [-0.4, -0.2) is 28.7 Å². The van der Waals surface area contributed by atoms with E-state index in [0.29, 0.717) is 40.8 Å². The quantitative estimate of drug-likeness (QED) is 0.417. The van der Waals surface area contributed by atoms with Crippen LogP contribution in [0.4, 0.5) is 4.79 Å². The van der Waals surface area contributed by atoms with Crippen molar-refractivity contribution in [1.29, 1.82) is 10.7 Å². The predicted molar refractivity (Wildman–Crippen MR) is 130 cm³/mol. The van der Waals surface area contributed by atoms with Crippen LogP contribution in [0.15, 0.2) is 40.9 Å². The fraction of sp³-hybridized carbons (Fsp3) is 0.423. The molecule has 0 bridgehead atoms. The van der Waals surface area contributed by atoms with Crippen molar-refractivity contribution in [2.45, 2.75) is 64.7 Å². The average molecular weight is 478 g/mol. The molecule has 1 aromatic carbocycles. The first kappa shape index (κ1) is 25.7. The van der Waals surface area contributed by atoms with Crippen molar-refractivity contribution in [3.05, 3.63) is 57.6 Å². The van der Waals surface area contributed by atoms with E-state index >= 15 is 0 Å². The maximum atomic E-state index is 11.9. The molecule has 35 heavy (non-hydrogen) atoms. The van der Waals surface area contributed by atoms with Gasteiger partial charge in [-0.05, 0) is 63.8 Å². The molecule has 0 aromatic heterocycles. The van der Waals surface area contributed by atoms with Gasteiger partial charge in [0.25, 0.3) is 0 Å². The highest BCUT2D eigenvalue weighted by Gasteiger charge is 2.35. The minimum absolute atomic E-state index is 0.0169. The molecule has 9 heteroatoms. The van der Waals surface area contributed by atoms with Gasteiger partial charge in [-0.3, -0.25) is 5.41 Å². The van der Waals surface area contributed by atoms with Gasteiger partial charge in [0.1, 0.15) is 17.2 Å². The third kappa shape index (κ3) is 6.14. The Hall–Kier alpha value is -3.95. The van der Waals surface area contributed by atoms with Crippen molar-refractivity contribution in [1.82, 2.24) is 5.32 Å². The van der Waals surface area contributed by atoms with Gasteiger partial charge < -0.3 is 31.4 Å². The van der Waals surface area contributed by atoms with Crippen LogP contribution in [-0.2, 0) is 16.1 Å². The lowest BCUT2D eigenvalue weighted by molar-refractivity contribution is 0.0467. The van der Waals surface area contributed by atoms with E-state index in [4.69, 9.17) is 26.4 Å². The summed E-state index contributed by atoms with van der Waals surface area (Å²) in [6.45, 7) is 6.85. The molecule has 1 unspecified atom stereocenters. The van der Waals surface area contributed by atoms with Crippen LogP contribution in [0.25, 0.3) is 0 Å². The Kier molecular flexibility index (Phi) is 7.42. The largest absolute Gasteiger partial charge is 0.444 e. The Labute approximate surface area is 205 Å². The number of carbonyl (C=O) groups is 1. The van der Waals surface area contributed by atoms with Crippen LogP contribution in [0.3, 0.4) is 0 Å². The molecule has 184 valence electrons. The van der Waals surface area contributed by atoms with Gasteiger partial charge in [0, 0.05) is 28.8 Å². The Bertz CT molecular complexity index is 1200. The lowest BCUT2D eigenvalue weighted by atomic mass is 9.80. The molecule has 0 radical (unpaired) electrons. The van der Waals surface area contributed by atoms with Gasteiger partial charge in [-0.1, -0.05) is 17.9 Å². The number of carbonyl (C=O) groups excluding carboxylic acids is 1. The molecule has 1 aliphatic heterocycles. The summed E-state index contributed by atoms with van der Waals surface area (Å²) in [5.41, 5.74) is 14.1. The molecule has 0 spiro atoms. The van der Waals surface area contributed by atoms with E-state index in [9.17, 15) is 15.2 Å². The number of hydrogen-bond donors (Lipinski definition) is 5. The summed E-state index contributed by atoms with van der Waals surface area (Å²) < 4.78 is 10.5. The van der Waals surface area contributed by atoms with Crippen LogP contribution in [0, 0.1) is 34.5 Å². The van der Waals surface area contributed by atoms with Crippen molar-refractivity contribution in [2.24, 2.45) is 17.4 Å². The van der Waals surface area contributed by atoms with Gasteiger partial charge >= 0.3 is 6.09 Å². The standard InChI is InChI=1S/C26H31N5O4/c1-14(28)21-22(20(12-27)23(29)34-24(21)30)18-8-15(7-17(9-18)13-32)5-6-16-10-19(11-16)31-25(33)35-26(2,3)4/h7-9,16,19,22,30,32H,10-11,13,28-29H2,1-4H3,(H,31,33)/b21-14-,30-24?. The summed E-state index contributed by atoms with van der Waals surface area (Å²) in [5, 5.41) is 30.6. The zero-order valence-corrected chi connectivity index (χ0v) is 20.4. The number of benzene rings is 1. The van der Waals surface area contributed by atoms with Gasteiger partial charge in [0.2, 0.25) is 11.8 Å². The smallest absolute Gasteiger partial charge is 0.407 e. The Balaban J connectivity index is 1.83. The van der Waals surface area contributed by atoms with Crippen molar-refractivity contribution in [3.63, 3.8) is 0 Å². The van der Waals surface area contributed by atoms with Gasteiger partial charge in [0.05, 0.1) is 12.5 Å². The predicted octanol–water partition coefficient (Wildman–Crippen LogP) is 2.85. The second-order valence-corrected chi connectivity index (χ2v) is 9.75. The first-order chi connectivity index (χ1) is 16.4. The number of nitrogens with zero attached hydrogens (tertiary/aromatic N) is 1. The highest BCUT2D eigenvalue weighted by Crippen LogP contribution is 2.39. The molecule has 0 saturated heterocycles. The van der Waals surface area contributed by atoms with E-state index in [0.717, 1.165) is 0 Å². The van der Waals surface area contributed by atoms with Gasteiger partial charge in [-0.15, -0.1) is 0 Å². The molecule has 1 aliphatic carbocycles. The molecule has 1 saturated carbocycles. The van der Waals surface area contributed by atoms with Crippen LogP contribution in [0.2, 0.25) is 0 Å². The normalized spacial score (nSPS) is 23.2. The first-order valence-electron chi connectivity index (χ1n) is 11.3. The number of aliphatic hydroxyl groups excluding tert-OH is 1. The number of nitrogens with one attached hydrogen (secondary N) is 2. The van der Waals surface area contributed by atoms with Crippen LogP contribution in [0.5, 0.6) is 0 Å². The first-order valence-corrected chi connectivity index (χ1v) is 11.3. The number of alkyl carbamates (subject to hydrolysis) is 1. The van der Waals surface area contributed by atoms with Crippen molar-refractivity contribution >= 4 is 12.0 Å². The van der Waals surface area contributed by atoms with E-state index in [1.807, 2.05) is 20.8 Å². The lowest BCUT2D eigenvalue weighted by Gasteiger charge is -2.33. The lowest BCUT2D eigenvalue weighted by Crippen LogP contribution is -2.45. The van der Waals surface area contributed by atoms with Gasteiger partial charge in [0.15, 0.2) is 0 Å². The molecular weight excluding hydrogens is 446 g/mol. The zero-order chi connectivity index (χ0) is 25.9. The molecular formula is C26H31N5O4. The fourth-order valence-corrected chi connectivity index (χ4v) is 4.06. The van der Waals surface area contributed by atoms with Gasteiger partial charge in [-0.25, -0.2) is 4.79 Å². The maximum Gasteiger partial charge on any atom is 0.407 e. The topological polar surface area (TPSA) is 167 Å². The average Bonchev–Trinajstić information content (AvgIpc) is 2.72. The van der Waals surface area contributed by atoms with Crippen LogP contribution in [0.1, 0.15) is 63.1 Å². The minimum Gasteiger partial charge on any atom is -0.444 e. The van der Waals surface area contributed by atoms with E-state index in [-0.39, 0.29) is 35.9 Å². The summed E-state index contributed by atoms with van der Waals surface area (Å²) in [5.74, 6) is 5.41. The van der Waals surface area contributed by atoms with Crippen molar-refractivity contribution in [3.8, 4) is 17.9 Å². The highest BCUT2D eigenvalue weighted by atomic mass is 16.6. The third-order valence-corrected chi connectivity index (χ3v) is 5.66.